The quantitative estimate of drug-likeness (QED) is 0.772. The number of hydrogen-bond acceptors (Lipinski definition) is 4. The molecule has 0 aromatic carbocycles. The van der Waals surface area contributed by atoms with Gasteiger partial charge in [-0.1, -0.05) is 0 Å². The van der Waals surface area contributed by atoms with Gasteiger partial charge in [-0.15, -0.1) is 10.2 Å². The molecule has 1 aliphatic heterocycles. The van der Waals surface area contributed by atoms with Gasteiger partial charge in [0.25, 0.3) is 0 Å². The van der Waals surface area contributed by atoms with Crippen LogP contribution >= 0.6 is 22.6 Å². The molecule has 4 nitrogen and oxygen atoms in total. The molecule has 0 amide bonds. The summed E-state index contributed by atoms with van der Waals surface area (Å²) in [7, 11) is 0. The average Bonchev–Trinajstić information content (AvgIpc) is 2.29. The first kappa shape index (κ1) is 12.8. The van der Waals surface area contributed by atoms with Crippen LogP contribution in [0.25, 0.3) is 0 Å². The van der Waals surface area contributed by atoms with Crippen molar-refractivity contribution >= 4 is 28.4 Å². The number of nitrogens with zero attached hydrogens (tertiary/aromatic N) is 3. The third-order valence-electron chi connectivity index (χ3n) is 2.51. The van der Waals surface area contributed by atoms with E-state index in [0.29, 0.717) is 16.1 Å². The van der Waals surface area contributed by atoms with Crippen molar-refractivity contribution in [3.63, 3.8) is 0 Å². The van der Waals surface area contributed by atoms with Gasteiger partial charge >= 0.3 is 6.18 Å². The van der Waals surface area contributed by atoms with E-state index in [0.717, 1.165) is 0 Å². The molecule has 0 aliphatic carbocycles. The normalized spacial score (nSPS) is 21.6. The van der Waals surface area contributed by atoms with Gasteiger partial charge in [-0.25, -0.2) is 0 Å². The molecule has 94 valence electrons. The molecule has 2 rings (SSSR count). The van der Waals surface area contributed by atoms with Crippen LogP contribution in [0.3, 0.4) is 0 Å². The van der Waals surface area contributed by atoms with Gasteiger partial charge in [0, 0.05) is 19.6 Å². The SMILES string of the molecule is FC(F)(F)[C@H]1CN(c2ccc(I)nn2)CCN1. The van der Waals surface area contributed by atoms with E-state index >= 15 is 0 Å². The van der Waals surface area contributed by atoms with Gasteiger partial charge in [-0.2, -0.15) is 13.2 Å². The van der Waals surface area contributed by atoms with E-state index in [-0.39, 0.29) is 13.1 Å². The Kier molecular flexibility index (Phi) is 3.71. The minimum Gasteiger partial charge on any atom is -0.352 e. The molecule has 0 saturated carbocycles. The molecule has 8 heteroatoms. The van der Waals surface area contributed by atoms with E-state index < -0.39 is 12.2 Å². The van der Waals surface area contributed by atoms with Crippen LogP contribution in [0.1, 0.15) is 0 Å². The fourth-order valence-corrected chi connectivity index (χ4v) is 1.94. The number of hydrogen-bond donors (Lipinski definition) is 1. The standard InChI is InChI=1S/C9H10F3IN4/c10-9(11,12)6-5-17(4-3-14-6)8-2-1-7(13)15-16-8/h1-2,6,14H,3-5H2/t6-/m1/s1. The number of nitrogens with one attached hydrogen (secondary N) is 1. The van der Waals surface area contributed by atoms with Crippen molar-refractivity contribution < 1.29 is 13.2 Å². The third kappa shape index (κ3) is 3.18. The summed E-state index contributed by atoms with van der Waals surface area (Å²) in [6, 6.07) is 1.92. The molecule has 0 radical (unpaired) electrons. The topological polar surface area (TPSA) is 41.1 Å². The molecule has 0 spiro atoms. The molecule has 1 saturated heterocycles. The van der Waals surface area contributed by atoms with Crippen LogP contribution in [0, 0.1) is 3.70 Å². The van der Waals surface area contributed by atoms with Gasteiger partial charge in [0.05, 0.1) is 0 Å². The highest BCUT2D eigenvalue weighted by Crippen LogP contribution is 2.24. The predicted octanol–water partition coefficient (Wildman–Crippen LogP) is 1.42. The molecule has 2 heterocycles. The van der Waals surface area contributed by atoms with Crippen molar-refractivity contribution in [3.8, 4) is 0 Å². The zero-order valence-electron chi connectivity index (χ0n) is 8.71. The van der Waals surface area contributed by atoms with Crippen LogP contribution in [0.4, 0.5) is 19.0 Å². The van der Waals surface area contributed by atoms with Crippen molar-refractivity contribution in [1.29, 1.82) is 0 Å². The first-order valence-electron chi connectivity index (χ1n) is 5.01. The number of alkyl halides is 3. The molecule has 1 fully saturated rings. The van der Waals surface area contributed by atoms with Crippen molar-refractivity contribution in [2.24, 2.45) is 0 Å². The summed E-state index contributed by atoms with van der Waals surface area (Å²) in [6.45, 7) is 0.665. The maximum absolute atomic E-state index is 12.6. The Hall–Kier alpha value is -0.640. The second kappa shape index (κ2) is 4.92. The van der Waals surface area contributed by atoms with Gasteiger partial charge in [-0.05, 0) is 34.7 Å². The van der Waals surface area contributed by atoms with Crippen LogP contribution in [0.2, 0.25) is 0 Å². The van der Waals surface area contributed by atoms with Gasteiger partial charge in [0.1, 0.15) is 9.74 Å². The summed E-state index contributed by atoms with van der Waals surface area (Å²) in [4.78, 5) is 1.59. The van der Waals surface area contributed by atoms with Crippen molar-refractivity contribution in [3.05, 3.63) is 15.8 Å². The van der Waals surface area contributed by atoms with E-state index in [4.69, 9.17) is 0 Å². The van der Waals surface area contributed by atoms with Crippen molar-refractivity contribution in [2.75, 3.05) is 24.5 Å². The van der Waals surface area contributed by atoms with Crippen LogP contribution in [-0.2, 0) is 0 Å². The molecule has 1 aromatic rings. The Morgan fingerprint density at radius 2 is 2.12 bits per heavy atom. The predicted molar refractivity (Wildman–Crippen MR) is 64.8 cm³/mol. The highest BCUT2D eigenvalue weighted by molar-refractivity contribution is 14.1. The number of rotatable bonds is 1. The largest absolute Gasteiger partial charge is 0.405 e. The Morgan fingerprint density at radius 1 is 1.35 bits per heavy atom. The molecule has 17 heavy (non-hydrogen) atoms. The third-order valence-corrected chi connectivity index (χ3v) is 3.09. The minimum atomic E-state index is -4.23. The van der Waals surface area contributed by atoms with E-state index in [2.05, 4.69) is 15.5 Å². The number of piperazine rings is 1. The number of aromatic nitrogens is 2. The lowest BCUT2D eigenvalue weighted by molar-refractivity contribution is -0.155. The molecule has 1 N–H and O–H groups in total. The molecule has 0 bridgehead atoms. The molecule has 0 unspecified atom stereocenters. The van der Waals surface area contributed by atoms with Crippen LogP contribution in [0.15, 0.2) is 12.1 Å². The van der Waals surface area contributed by atoms with Crippen LogP contribution in [-0.4, -0.2) is 42.0 Å². The van der Waals surface area contributed by atoms with Crippen molar-refractivity contribution in [2.45, 2.75) is 12.2 Å². The van der Waals surface area contributed by atoms with Gasteiger partial charge in [-0.3, -0.25) is 0 Å². The summed E-state index contributed by atoms with van der Waals surface area (Å²) in [6.07, 6.45) is -4.23. The summed E-state index contributed by atoms with van der Waals surface area (Å²) in [5.74, 6) is 0.487. The lowest BCUT2D eigenvalue weighted by atomic mass is 10.2. The molecule has 1 aromatic heterocycles. The van der Waals surface area contributed by atoms with E-state index in [1.807, 2.05) is 22.6 Å². The Balaban J connectivity index is 2.09. The fourth-order valence-electron chi connectivity index (χ4n) is 1.65. The lowest BCUT2D eigenvalue weighted by Gasteiger charge is -2.34. The smallest absolute Gasteiger partial charge is 0.352 e. The van der Waals surface area contributed by atoms with Crippen LogP contribution < -0.4 is 10.2 Å². The van der Waals surface area contributed by atoms with Gasteiger partial charge < -0.3 is 10.2 Å². The highest BCUT2D eigenvalue weighted by Gasteiger charge is 2.42. The fraction of sp³-hybridized carbons (Fsp3) is 0.556. The maximum atomic E-state index is 12.6. The lowest BCUT2D eigenvalue weighted by Crippen LogP contribution is -2.57. The molecule has 1 aliphatic rings. The summed E-state index contributed by atoms with van der Waals surface area (Å²) in [5.41, 5.74) is 0. The summed E-state index contributed by atoms with van der Waals surface area (Å²) in [5, 5.41) is 10.2. The zero-order chi connectivity index (χ0) is 12.5. The minimum absolute atomic E-state index is 0.126. The monoisotopic (exact) mass is 358 g/mol. The Labute approximate surface area is 110 Å². The summed E-state index contributed by atoms with van der Waals surface area (Å²) < 4.78 is 38.4. The van der Waals surface area contributed by atoms with E-state index in [1.54, 1.807) is 17.0 Å². The number of halogens is 4. The van der Waals surface area contributed by atoms with Gasteiger partial charge in [0.2, 0.25) is 0 Å². The van der Waals surface area contributed by atoms with Crippen molar-refractivity contribution in [1.82, 2.24) is 15.5 Å². The molecule has 1 atom stereocenters. The highest BCUT2D eigenvalue weighted by atomic mass is 127. The second-order valence-corrected chi connectivity index (χ2v) is 4.81. The van der Waals surface area contributed by atoms with E-state index in [9.17, 15) is 13.2 Å². The molecular weight excluding hydrogens is 348 g/mol. The second-order valence-electron chi connectivity index (χ2n) is 3.71. The first-order chi connectivity index (χ1) is 7.97. The Bertz CT molecular complexity index is 381. The maximum Gasteiger partial charge on any atom is 0.405 e. The van der Waals surface area contributed by atoms with Crippen LogP contribution in [0.5, 0.6) is 0 Å². The zero-order valence-corrected chi connectivity index (χ0v) is 10.9. The Morgan fingerprint density at radius 3 is 2.71 bits per heavy atom. The summed E-state index contributed by atoms with van der Waals surface area (Å²) >= 11 is 2.00. The molecular formula is C9H10F3IN4. The van der Waals surface area contributed by atoms with Gasteiger partial charge in [0.15, 0.2) is 5.82 Å². The first-order valence-corrected chi connectivity index (χ1v) is 6.09. The number of anilines is 1. The average molecular weight is 358 g/mol. The van der Waals surface area contributed by atoms with E-state index in [1.165, 1.54) is 0 Å².